The molecule has 196 valence electrons. The van der Waals surface area contributed by atoms with Crippen LogP contribution < -0.4 is 0 Å². The van der Waals surface area contributed by atoms with Gasteiger partial charge < -0.3 is 14.7 Å². The van der Waals surface area contributed by atoms with E-state index >= 15 is 0 Å². The van der Waals surface area contributed by atoms with Crippen molar-refractivity contribution in [3.63, 3.8) is 0 Å². The van der Waals surface area contributed by atoms with Gasteiger partial charge in [-0.3, -0.25) is 4.79 Å². The second-order valence-electron chi connectivity index (χ2n) is 9.89. The lowest BCUT2D eigenvalue weighted by atomic mass is 9.93. The predicted molar refractivity (Wildman–Crippen MR) is 145 cm³/mol. The summed E-state index contributed by atoms with van der Waals surface area (Å²) in [7, 11) is 0. The van der Waals surface area contributed by atoms with Gasteiger partial charge in [0.1, 0.15) is 11.8 Å². The Kier molecular flexibility index (Phi) is 6.29. The summed E-state index contributed by atoms with van der Waals surface area (Å²) in [6, 6.07) is 23.0. The van der Waals surface area contributed by atoms with Crippen molar-refractivity contribution in [2.45, 2.75) is 37.8 Å². The number of aliphatic hydroxyl groups excluding tert-OH is 1. The van der Waals surface area contributed by atoms with Gasteiger partial charge in [-0.1, -0.05) is 88.7 Å². The number of halogens is 1. The number of aryl methyl sites for hydroxylation is 1. The molecule has 2 aromatic heterocycles. The number of aliphatic carboxylic acids is 1. The van der Waals surface area contributed by atoms with E-state index < -0.39 is 17.5 Å². The minimum Gasteiger partial charge on any atom is -0.481 e. The number of carbonyl (C=O) groups is 1. The van der Waals surface area contributed by atoms with E-state index in [1.54, 1.807) is 17.8 Å². The highest BCUT2D eigenvalue weighted by molar-refractivity contribution is 6.31. The summed E-state index contributed by atoms with van der Waals surface area (Å²) >= 11 is 6.27. The Hall–Kier alpha value is -4.27. The Balaban J connectivity index is 1.22. The number of carboxylic acids is 1. The molecule has 3 aromatic carbocycles. The molecule has 1 atom stereocenters. The van der Waals surface area contributed by atoms with Crippen LogP contribution in [0.1, 0.15) is 47.0 Å². The molecular weight excluding hydrogens is 516 g/mol. The van der Waals surface area contributed by atoms with Crippen molar-refractivity contribution in [2.24, 2.45) is 0 Å². The van der Waals surface area contributed by atoms with Crippen LogP contribution in [0, 0.1) is 6.92 Å². The Morgan fingerprint density at radius 2 is 1.67 bits per heavy atom. The number of aromatic nitrogens is 4. The molecule has 0 amide bonds. The molecule has 1 aliphatic carbocycles. The Bertz CT molecular complexity index is 1650. The zero-order chi connectivity index (χ0) is 27.1. The van der Waals surface area contributed by atoms with Crippen LogP contribution in [0.2, 0.25) is 5.02 Å². The summed E-state index contributed by atoms with van der Waals surface area (Å²) in [5.74, 6) is -0.303. The molecule has 6 rings (SSSR count). The summed E-state index contributed by atoms with van der Waals surface area (Å²) in [6.45, 7) is 2.20. The lowest BCUT2D eigenvalue weighted by Gasteiger charge is -2.11. The maximum atomic E-state index is 11.6. The second-order valence-corrected chi connectivity index (χ2v) is 10.3. The van der Waals surface area contributed by atoms with Gasteiger partial charge in [0.15, 0.2) is 5.76 Å². The van der Waals surface area contributed by atoms with E-state index in [4.69, 9.17) is 16.1 Å². The molecule has 0 bridgehead atoms. The minimum atomic E-state index is -1.08. The Morgan fingerprint density at radius 1 is 1.03 bits per heavy atom. The van der Waals surface area contributed by atoms with E-state index in [-0.39, 0.29) is 0 Å². The van der Waals surface area contributed by atoms with Gasteiger partial charge in [-0.25, -0.2) is 4.68 Å². The van der Waals surface area contributed by atoms with E-state index in [0.29, 0.717) is 47.1 Å². The third-order valence-electron chi connectivity index (χ3n) is 7.39. The van der Waals surface area contributed by atoms with Crippen molar-refractivity contribution in [3.05, 3.63) is 112 Å². The average molecular weight is 541 g/mol. The largest absolute Gasteiger partial charge is 0.481 e. The number of aliphatic hydroxyl groups is 1. The fourth-order valence-electron chi connectivity index (χ4n) is 4.92. The first-order chi connectivity index (χ1) is 18.9. The Labute approximate surface area is 229 Å². The first kappa shape index (κ1) is 25.0. The molecule has 2 N–H and O–H groups in total. The fraction of sp³-hybridized carbons (Fsp3) is 0.200. The number of hydrogen-bond acceptors (Lipinski definition) is 6. The monoisotopic (exact) mass is 540 g/mol. The number of rotatable bonds is 8. The van der Waals surface area contributed by atoms with Gasteiger partial charge in [0.25, 0.3) is 0 Å². The molecule has 1 unspecified atom stereocenters. The fourth-order valence-corrected chi connectivity index (χ4v) is 5.11. The van der Waals surface area contributed by atoms with Crippen LogP contribution >= 0.6 is 11.6 Å². The second kappa shape index (κ2) is 9.80. The van der Waals surface area contributed by atoms with Crippen molar-refractivity contribution < 1.29 is 19.5 Å². The van der Waals surface area contributed by atoms with Crippen LogP contribution in [0.3, 0.4) is 0 Å². The summed E-state index contributed by atoms with van der Waals surface area (Å²) < 4.78 is 7.26. The molecule has 2 heterocycles. The minimum absolute atomic E-state index is 0.376. The molecule has 9 heteroatoms. The van der Waals surface area contributed by atoms with Crippen LogP contribution in [0.5, 0.6) is 0 Å². The van der Waals surface area contributed by atoms with Crippen LogP contribution in [0.25, 0.3) is 22.5 Å². The van der Waals surface area contributed by atoms with E-state index in [1.165, 1.54) is 0 Å². The van der Waals surface area contributed by atoms with Gasteiger partial charge >= 0.3 is 5.97 Å². The highest BCUT2D eigenvalue weighted by atomic mass is 35.5. The van der Waals surface area contributed by atoms with Gasteiger partial charge in [-0.2, -0.15) is 0 Å². The van der Waals surface area contributed by atoms with Gasteiger partial charge in [0.05, 0.1) is 29.4 Å². The highest BCUT2D eigenvalue weighted by Crippen LogP contribution is 2.48. The Morgan fingerprint density at radius 3 is 2.31 bits per heavy atom. The average Bonchev–Trinajstić information content (AvgIpc) is 3.49. The van der Waals surface area contributed by atoms with E-state index in [0.717, 1.165) is 27.8 Å². The molecule has 0 radical (unpaired) electrons. The van der Waals surface area contributed by atoms with Crippen molar-refractivity contribution in [1.82, 2.24) is 20.2 Å². The summed E-state index contributed by atoms with van der Waals surface area (Å²) in [5, 5.41) is 33.8. The van der Waals surface area contributed by atoms with Gasteiger partial charge in [0.2, 0.25) is 0 Å². The first-order valence-corrected chi connectivity index (χ1v) is 13.0. The molecule has 39 heavy (non-hydrogen) atoms. The van der Waals surface area contributed by atoms with Gasteiger partial charge in [-0.15, -0.1) is 5.10 Å². The maximum Gasteiger partial charge on any atom is 0.314 e. The molecular formula is C30H25ClN4O4. The number of nitrogens with zero attached hydrogens (tertiary/aromatic N) is 4. The van der Waals surface area contributed by atoms with Crippen LogP contribution in [0.4, 0.5) is 0 Å². The maximum absolute atomic E-state index is 11.6. The van der Waals surface area contributed by atoms with Crippen LogP contribution in [-0.2, 0) is 16.8 Å². The van der Waals surface area contributed by atoms with Gasteiger partial charge in [-0.05, 0) is 48.1 Å². The van der Waals surface area contributed by atoms with E-state index in [9.17, 15) is 15.0 Å². The molecule has 1 fully saturated rings. The summed E-state index contributed by atoms with van der Waals surface area (Å²) in [6.07, 6.45) is 1.97. The molecule has 0 saturated heterocycles. The molecule has 0 aliphatic heterocycles. The SMILES string of the molecule is Cc1noc(-c2ccc(-c3ccc(C4(C(=O)O)CC4)cc3)cc2)c1C(O)c1cn(Cc2ccccc2Cl)nn1. The molecule has 0 spiro atoms. The number of carboxylic acid groups (broad SMARTS) is 1. The molecule has 1 aliphatic rings. The van der Waals surface area contributed by atoms with Crippen molar-refractivity contribution >= 4 is 17.6 Å². The first-order valence-electron chi connectivity index (χ1n) is 12.6. The molecule has 1 saturated carbocycles. The zero-order valence-corrected chi connectivity index (χ0v) is 21.8. The third-order valence-corrected chi connectivity index (χ3v) is 7.75. The van der Waals surface area contributed by atoms with E-state index in [1.807, 2.05) is 72.8 Å². The van der Waals surface area contributed by atoms with E-state index in [2.05, 4.69) is 15.5 Å². The lowest BCUT2D eigenvalue weighted by Crippen LogP contribution is -2.19. The third kappa shape index (κ3) is 4.62. The van der Waals surface area contributed by atoms with Crippen LogP contribution in [-0.4, -0.2) is 36.3 Å². The quantitative estimate of drug-likeness (QED) is 0.255. The van der Waals surface area contributed by atoms with Crippen LogP contribution in [0.15, 0.2) is 83.5 Å². The number of hydrogen-bond donors (Lipinski definition) is 2. The summed E-state index contributed by atoms with van der Waals surface area (Å²) in [4.78, 5) is 11.6. The van der Waals surface area contributed by atoms with Gasteiger partial charge in [0, 0.05) is 10.6 Å². The topological polar surface area (TPSA) is 114 Å². The number of benzene rings is 3. The van der Waals surface area contributed by atoms with Crippen molar-refractivity contribution in [2.75, 3.05) is 0 Å². The molecule has 8 nitrogen and oxygen atoms in total. The van der Waals surface area contributed by atoms with Crippen molar-refractivity contribution in [1.29, 1.82) is 0 Å². The highest BCUT2D eigenvalue weighted by Gasteiger charge is 2.51. The van der Waals surface area contributed by atoms with Crippen molar-refractivity contribution in [3.8, 4) is 22.5 Å². The lowest BCUT2D eigenvalue weighted by molar-refractivity contribution is -0.140. The predicted octanol–water partition coefficient (Wildman–Crippen LogP) is 5.81. The normalized spacial score (nSPS) is 14.7. The summed E-state index contributed by atoms with van der Waals surface area (Å²) in [5.41, 5.74) is 5.21. The smallest absolute Gasteiger partial charge is 0.314 e. The zero-order valence-electron chi connectivity index (χ0n) is 21.1. The standard InChI is InChI=1S/C30H25ClN4O4/c1-18-26(27(36)25-17-35(34-32-25)16-22-4-2-3-5-24(22)31)28(39-33-18)21-8-6-19(7-9-21)20-10-12-23(13-11-20)30(14-15-30)29(37)38/h2-13,17,27,36H,14-16H2,1H3,(H,37,38). The molecule has 5 aromatic rings.